The van der Waals surface area contributed by atoms with Crippen LogP contribution >= 0.6 is 11.8 Å². The molecule has 7 nitrogen and oxygen atoms in total. The van der Waals surface area contributed by atoms with Gasteiger partial charge in [-0.15, -0.1) is 8.78 Å². The van der Waals surface area contributed by atoms with E-state index in [1.807, 2.05) is 13.8 Å². The zero-order chi connectivity index (χ0) is 22.2. The molecule has 4 rings (SSSR count). The lowest BCUT2D eigenvalue weighted by Gasteiger charge is -2.15. The summed E-state index contributed by atoms with van der Waals surface area (Å²) in [6, 6.07) is 11.1. The maximum Gasteiger partial charge on any atom is 0.586 e. The molecule has 1 aromatic heterocycles. The topological polar surface area (TPSA) is 82.5 Å². The molecule has 0 bridgehead atoms. The van der Waals surface area contributed by atoms with Crippen molar-refractivity contribution in [1.29, 1.82) is 0 Å². The first-order valence-corrected chi connectivity index (χ1v) is 10.5. The van der Waals surface area contributed by atoms with Gasteiger partial charge in [0.25, 0.3) is 5.56 Å². The van der Waals surface area contributed by atoms with E-state index < -0.39 is 6.29 Å². The molecule has 0 radical (unpaired) electrons. The largest absolute Gasteiger partial charge is 0.586 e. The maximum absolute atomic E-state index is 13.1. The molecule has 10 heteroatoms. The lowest BCUT2D eigenvalue weighted by atomic mass is 10.2. The monoisotopic (exact) mass is 447 g/mol. The highest BCUT2D eigenvalue weighted by Crippen LogP contribution is 2.42. The van der Waals surface area contributed by atoms with E-state index in [1.54, 1.807) is 28.8 Å². The summed E-state index contributed by atoms with van der Waals surface area (Å²) in [7, 11) is 0. The van der Waals surface area contributed by atoms with Gasteiger partial charge in [0.05, 0.1) is 16.7 Å². The number of amides is 1. The number of fused-ring (bicyclic) bond motifs is 2. The molecule has 0 fully saturated rings. The van der Waals surface area contributed by atoms with Crippen LogP contribution < -0.4 is 20.3 Å². The number of thioether (sulfide) groups is 1. The number of hydrogen-bond acceptors (Lipinski definition) is 6. The Labute approximate surface area is 180 Å². The smallest absolute Gasteiger partial charge is 0.395 e. The number of aromatic nitrogens is 2. The lowest BCUT2D eigenvalue weighted by Crippen LogP contribution is -2.26. The highest BCUT2D eigenvalue weighted by atomic mass is 32.2. The molecule has 3 aromatic rings. The molecule has 0 unspecified atom stereocenters. The van der Waals surface area contributed by atoms with Crippen LogP contribution in [-0.4, -0.2) is 27.5 Å². The van der Waals surface area contributed by atoms with Crippen molar-refractivity contribution in [2.45, 2.75) is 31.8 Å². The zero-order valence-electron chi connectivity index (χ0n) is 16.7. The standard InChI is InChI=1S/C21H19F2N3O4S/c1-12(2)10-26-19(28)14-5-3-4-6-15(14)25-20(26)31-11-18(27)24-13-7-8-16-17(9-13)30-21(22,23)29-16/h3-9,12H,10-11H2,1-2H3,(H,24,27). The van der Waals surface area contributed by atoms with Crippen molar-refractivity contribution >= 4 is 34.3 Å². The molecule has 31 heavy (non-hydrogen) atoms. The van der Waals surface area contributed by atoms with E-state index in [2.05, 4.69) is 19.8 Å². The molecule has 0 saturated heterocycles. The van der Waals surface area contributed by atoms with Gasteiger partial charge in [-0.05, 0) is 30.2 Å². The predicted octanol–water partition coefficient (Wildman–Crippen LogP) is 4.10. The van der Waals surface area contributed by atoms with E-state index >= 15 is 0 Å². The van der Waals surface area contributed by atoms with Crippen LogP contribution in [0.1, 0.15) is 13.8 Å². The summed E-state index contributed by atoms with van der Waals surface area (Å²) in [6.07, 6.45) is -3.72. The molecule has 1 aliphatic heterocycles. The molecule has 0 spiro atoms. The molecule has 2 aromatic carbocycles. The van der Waals surface area contributed by atoms with Crippen LogP contribution in [0.2, 0.25) is 0 Å². The van der Waals surface area contributed by atoms with E-state index in [0.29, 0.717) is 22.6 Å². The maximum atomic E-state index is 13.1. The molecule has 1 aliphatic rings. The summed E-state index contributed by atoms with van der Waals surface area (Å²) < 4.78 is 36.6. The van der Waals surface area contributed by atoms with Crippen molar-refractivity contribution in [1.82, 2.24) is 9.55 Å². The van der Waals surface area contributed by atoms with Crippen LogP contribution in [-0.2, 0) is 11.3 Å². The SMILES string of the molecule is CC(C)Cn1c(SCC(=O)Nc2ccc3c(c2)OC(F)(F)O3)nc2ccccc2c1=O. The minimum absolute atomic E-state index is 0.0204. The number of para-hydroxylation sites is 1. The molecule has 0 aliphatic carbocycles. The van der Waals surface area contributed by atoms with Crippen molar-refractivity contribution in [3.63, 3.8) is 0 Å². The normalized spacial score (nSPS) is 14.2. The van der Waals surface area contributed by atoms with Crippen LogP contribution in [0.25, 0.3) is 10.9 Å². The van der Waals surface area contributed by atoms with Gasteiger partial charge in [0.2, 0.25) is 5.91 Å². The van der Waals surface area contributed by atoms with Crippen molar-refractivity contribution < 1.29 is 23.0 Å². The van der Waals surface area contributed by atoms with E-state index in [0.717, 1.165) is 11.8 Å². The third kappa shape index (κ3) is 4.63. The summed E-state index contributed by atoms with van der Waals surface area (Å²) in [5.41, 5.74) is 0.697. The summed E-state index contributed by atoms with van der Waals surface area (Å²) >= 11 is 1.13. The summed E-state index contributed by atoms with van der Waals surface area (Å²) in [5.74, 6) is -0.449. The summed E-state index contributed by atoms with van der Waals surface area (Å²) in [6.45, 7) is 4.45. The Morgan fingerprint density at radius 2 is 1.94 bits per heavy atom. The first-order valence-electron chi connectivity index (χ1n) is 9.54. The number of rotatable bonds is 6. The fourth-order valence-electron chi connectivity index (χ4n) is 3.14. The Morgan fingerprint density at radius 3 is 2.71 bits per heavy atom. The second kappa shape index (κ2) is 8.18. The van der Waals surface area contributed by atoms with Crippen molar-refractivity contribution in [3.05, 3.63) is 52.8 Å². The zero-order valence-corrected chi connectivity index (χ0v) is 17.5. The van der Waals surface area contributed by atoms with Gasteiger partial charge < -0.3 is 14.8 Å². The van der Waals surface area contributed by atoms with Gasteiger partial charge in [-0.3, -0.25) is 14.2 Å². The van der Waals surface area contributed by atoms with Gasteiger partial charge >= 0.3 is 6.29 Å². The van der Waals surface area contributed by atoms with Gasteiger partial charge in [-0.25, -0.2) is 4.98 Å². The average molecular weight is 447 g/mol. The molecule has 162 valence electrons. The number of carbonyl (C=O) groups is 1. The Kier molecular flexibility index (Phi) is 5.57. The molecular weight excluding hydrogens is 428 g/mol. The Hall–Kier alpha value is -3.14. The van der Waals surface area contributed by atoms with E-state index in [-0.39, 0.29) is 40.3 Å². The van der Waals surface area contributed by atoms with Crippen LogP contribution in [0.5, 0.6) is 11.5 Å². The number of anilines is 1. The van der Waals surface area contributed by atoms with Crippen LogP contribution in [0, 0.1) is 5.92 Å². The second-order valence-electron chi connectivity index (χ2n) is 7.39. The molecular formula is C21H19F2N3O4S. The summed E-state index contributed by atoms with van der Waals surface area (Å²) in [4.78, 5) is 29.9. The molecule has 0 atom stereocenters. The van der Waals surface area contributed by atoms with Gasteiger partial charge in [0.15, 0.2) is 16.7 Å². The van der Waals surface area contributed by atoms with Gasteiger partial charge in [-0.2, -0.15) is 0 Å². The molecule has 1 N–H and O–H groups in total. The number of halogens is 2. The van der Waals surface area contributed by atoms with Crippen LogP contribution in [0.15, 0.2) is 52.4 Å². The average Bonchev–Trinajstić information content (AvgIpc) is 3.01. The third-order valence-electron chi connectivity index (χ3n) is 4.39. The Balaban J connectivity index is 1.50. The molecule has 0 saturated carbocycles. The number of carbonyl (C=O) groups excluding carboxylic acids is 1. The number of hydrogen-bond donors (Lipinski definition) is 1. The predicted molar refractivity (Wildman–Crippen MR) is 113 cm³/mol. The fraction of sp³-hybridized carbons (Fsp3) is 0.286. The van der Waals surface area contributed by atoms with E-state index in [4.69, 9.17) is 0 Å². The van der Waals surface area contributed by atoms with Crippen LogP contribution in [0.4, 0.5) is 14.5 Å². The number of nitrogens with one attached hydrogen (secondary N) is 1. The first kappa shape index (κ1) is 21.1. The fourth-order valence-corrected chi connectivity index (χ4v) is 3.95. The van der Waals surface area contributed by atoms with E-state index in [1.165, 1.54) is 18.2 Å². The van der Waals surface area contributed by atoms with E-state index in [9.17, 15) is 18.4 Å². The summed E-state index contributed by atoms with van der Waals surface area (Å²) in [5, 5.41) is 3.59. The van der Waals surface area contributed by atoms with Crippen molar-refractivity contribution in [3.8, 4) is 11.5 Å². The quantitative estimate of drug-likeness (QED) is 0.453. The third-order valence-corrected chi connectivity index (χ3v) is 5.37. The highest BCUT2D eigenvalue weighted by Gasteiger charge is 2.43. The number of ether oxygens (including phenoxy) is 2. The number of benzene rings is 2. The Bertz CT molecular complexity index is 1210. The van der Waals surface area contributed by atoms with Gasteiger partial charge in [-0.1, -0.05) is 37.7 Å². The molecule has 2 heterocycles. The van der Waals surface area contributed by atoms with Crippen molar-refractivity contribution in [2.24, 2.45) is 5.92 Å². The first-order chi connectivity index (χ1) is 14.7. The highest BCUT2D eigenvalue weighted by molar-refractivity contribution is 7.99. The van der Waals surface area contributed by atoms with Gasteiger partial charge in [0.1, 0.15) is 0 Å². The second-order valence-corrected chi connectivity index (χ2v) is 8.33. The Morgan fingerprint density at radius 1 is 1.19 bits per heavy atom. The molecule has 1 amide bonds. The van der Waals surface area contributed by atoms with Gasteiger partial charge in [0, 0.05) is 18.3 Å². The number of nitrogens with zero attached hydrogens (tertiary/aromatic N) is 2. The minimum Gasteiger partial charge on any atom is -0.395 e. The van der Waals surface area contributed by atoms with Crippen LogP contribution in [0.3, 0.4) is 0 Å². The minimum atomic E-state index is -3.72. The van der Waals surface area contributed by atoms with Crippen molar-refractivity contribution in [2.75, 3.05) is 11.1 Å². The number of alkyl halides is 2. The lowest BCUT2D eigenvalue weighted by molar-refractivity contribution is -0.286.